The number of hydrogen-bond donors (Lipinski definition) is 0. The van der Waals surface area contributed by atoms with E-state index in [1.54, 1.807) is 0 Å². The quantitative estimate of drug-likeness (QED) is 0.334. The minimum atomic E-state index is 1.18. The number of nitrogens with zero attached hydrogens (tertiary/aromatic N) is 1. The van der Waals surface area contributed by atoms with Crippen LogP contribution in [0.4, 0.5) is 5.69 Å². The molecule has 1 rings (SSSR count). The van der Waals surface area contributed by atoms with Crippen LogP contribution in [0.5, 0.6) is 0 Å². The summed E-state index contributed by atoms with van der Waals surface area (Å²) in [4.78, 5) is 2.41. The maximum atomic E-state index is 2.41. The Balaban J connectivity index is 2.08. The van der Waals surface area contributed by atoms with Crippen LogP contribution in [0.25, 0.3) is 0 Å². The first-order chi connectivity index (χ1) is 11.3. The van der Waals surface area contributed by atoms with E-state index in [0.717, 1.165) is 0 Å². The molecule has 0 saturated carbocycles. The van der Waals surface area contributed by atoms with Gasteiger partial charge in [0.25, 0.3) is 0 Å². The van der Waals surface area contributed by atoms with Gasteiger partial charge >= 0.3 is 0 Å². The summed E-state index contributed by atoms with van der Waals surface area (Å²) in [6, 6.07) is 9.19. The molecule has 0 aliphatic heterocycles. The average molecular weight is 318 g/mol. The van der Waals surface area contributed by atoms with Crippen molar-refractivity contribution in [2.75, 3.05) is 18.5 Å². The Labute approximate surface area is 145 Å². The van der Waals surface area contributed by atoms with E-state index in [2.05, 4.69) is 50.1 Å². The van der Waals surface area contributed by atoms with E-state index >= 15 is 0 Å². The minimum absolute atomic E-state index is 1.18. The second-order valence-corrected chi connectivity index (χ2v) is 7.02. The standard InChI is InChI=1S/C22H39N/c1-4-6-8-9-10-11-12-13-14-20-23(3)22-18-16-21(17-19-22)15-7-5-2/h16-19H,4-15,20H2,1-3H3. The van der Waals surface area contributed by atoms with Gasteiger partial charge in [0.15, 0.2) is 0 Å². The molecule has 0 fully saturated rings. The number of anilines is 1. The van der Waals surface area contributed by atoms with Crippen molar-refractivity contribution in [3.05, 3.63) is 29.8 Å². The summed E-state index contributed by atoms with van der Waals surface area (Å²) in [7, 11) is 2.23. The van der Waals surface area contributed by atoms with Gasteiger partial charge < -0.3 is 4.90 Å². The van der Waals surface area contributed by atoms with Crippen molar-refractivity contribution < 1.29 is 0 Å². The van der Waals surface area contributed by atoms with Crippen molar-refractivity contribution in [2.24, 2.45) is 0 Å². The third-order valence-electron chi connectivity index (χ3n) is 4.79. The van der Waals surface area contributed by atoms with Crippen LogP contribution in [-0.4, -0.2) is 13.6 Å². The van der Waals surface area contributed by atoms with Crippen LogP contribution in [-0.2, 0) is 6.42 Å². The van der Waals surface area contributed by atoms with Crippen LogP contribution in [0.3, 0.4) is 0 Å². The van der Waals surface area contributed by atoms with Crippen LogP contribution >= 0.6 is 0 Å². The van der Waals surface area contributed by atoms with E-state index in [1.807, 2.05) is 0 Å². The summed E-state index contributed by atoms with van der Waals surface area (Å²) in [5.41, 5.74) is 2.84. The second kappa shape index (κ2) is 13.5. The molecule has 0 aliphatic rings. The molecule has 0 radical (unpaired) electrons. The van der Waals surface area contributed by atoms with Crippen LogP contribution in [0.15, 0.2) is 24.3 Å². The molecule has 0 bridgehead atoms. The van der Waals surface area contributed by atoms with Crippen molar-refractivity contribution in [1.29, 1.82) is 0 Å². The lowest BCUT2D eigenvalue weighted by molar-refractivity contribution is 0.565. The SMILES string of the molecule is CCCCCCCCCCCN(C)c1ccc(CCCC)cc1. The van der Waals surface area contributed by atoms with Crippen LogP contribution in [0.2, 0.25) is 0 Å². The van der Waals surface area contributed by atoms with Crippen molar-refractivity contribution in [2.45, 2.75) is 90.9 Å². The smallest absolute Gasteiger partial charge is 0.0363 e. The Morgan fingerprint density at radius 2 is 1.17 bits per heavy atom. The van der Waals surface area contributed by atoms with E-state index in [0.29, 0.717) is 0 Å². The molecule has 0 spiro atoms. The fourth-order valence-electron chi connectivity index (χ4n) is 3.09. The molecule has 0 aromatic heterocycles. The Morgan fingerprint density at radius 1 is 0.652 bits per heavy atom. The Bertz CT molecular complexity index is 368. The van der Waals surface area contributed by atoms with Crippen molar-refractivity contribution in [1.82, 2.24) is 0 Å². The summed E-state index contributed by atoms with van der Waals surface area (Å²) in [5, 5.41) is 0. The highest BCUT2D eigenvalue weighted by molar-refractivity contribution is 5.46. The zero-order chi connectivity index (χ0) is 16.8. The maximum Gasteiger partial charge on any atom is 0.0363 e. The zero-order valence-corrected chi connectivity index (χ0v) is 15.9. The Hall–Kier alpha value is -0.980. The molecule has 1 heteroatoms. The molecular formula is C22H39N. The largest absolute Gasteiger partial charge is 0.375 e. The third-order valence-corrected chi connectivity index (χ3v) is 4.79. The van der Waals surface area contributed by atoms with Gasteiger partial charge in [0, 0.05) is 19.3 Å². The summed E-state index contributed by atoms with van der Waals surface area (Å²) in [5.74, 6) is 0. The monoisotopic (exact) mass is 317 g/mol. The topological polar surface area (TPSA) is 3.24 Å². The fourth-order valence-corrected chi connectivity index (χ4v) is 3.09. The first-order valence-electron chi connectivity index (χ1n) is 10.1. The van der Waals surface area contributed by atoms with E-state index in [-0.39, 0.29) is 0 Å². The first kappa shape index (κ1) is 20.1. The van der Waals surface area contributed by atoms with Gasteiger partial charge in [-0.1, -0.05) is 83.8 Å². The van der Waals surface area contributed by atoms with E-state index < -0.39 is 0 Å². The summed E-state index contributed by atoms with van der Waals surface area (Å²) >= 11 is 0. The normalized spacial score (nSPS) is 10.9. The highest BCUT2D eigenvalue weighted by Gasteiger charge is 2.01. The van der Waals surface area contributed by atoms with Gasteiger partial charge in [0.2, 0.25) is 0 Å². The molecule has 0 heterocycles. The summed E-state index contributed by atoms with van der Waals surface area (Å²) < 4.78 is 0. The van der Waals surface area contributed by atoms with E-state index in [1.165, 1.54) is 94.8 Å². The van der Waals surface area contributed by atoms with E-state index in [4.69, 9.17) is 0 Å². The van der Waals surface area contributed by atoms with Gasteiger partial charge in [-0.05, 0) is 37.0 Å². The molecule has 132 valence electrons. The summed E-state index contributed by atoms with van der Waals surface area (Å²) in [6.07, 6.45) is 16.4. The Morgan fingerprint density at radius 3 is 1.74 bits per heavy atom. The minimum Gasteiger partial charge on any atom is -0.375 e. The van der Waals surface area contributed by atoms with Crippen LogP contribution < -0.4 is 4.90 Å². The zero-order valence-electron chi connectivity index (χ0n) is 15.9. The molecular weight excluding hydrogens is 278 g/mol. The maximum absolute atomic E-state index is 2.41. The van der Waals surface area contributed by atoms with Crippen LogP contribution in [0, 0.1) is 0 Å². The molecule has 0 aliphatic carbocycles. The van der Waals surface area contributed by atoms with Gasteiger partial charge in [-0.2, -0.15) is 0 Å². The lowest BCUT2D eigenvalue weighted by atomic mass is 10.1. The van der Waals surface area contributed by atoms with Gasteiger partial charge in [-0.3, -0.25) is 0 Å². The molecule has 1 aromatic rings. The van der Waals surface area contributed by atoms with Crippen molar-refractivity contribution in [3.63, 3.8) is 0 Å². The molecule has 23 heavy (non-hydrogen) atoms. The number of benzene rings is 1. The lowest BCUT2D eigenvalue weighted by Crippen LogP contribution is -2.18. The van der Waals surface area contributed by atoms with Gasteiger partial charge in [0.05, 0.1) is 0 Å². The molecule has 1 aromatic carbocycles. The average Bonchev–Trinajstić information content (AvgIpc) is 2.58. The Kier molecular flexibility index (Phi) is 11.7. The predicted octanol–water partition coefficient (Wildman–Crippen LogP) is 7.00. The first-order valence-corrected chi connectivity index (χ1v) is 10.1. The number of hydrogen-bond acceptors (Lipinski definition) is 1. The number of aryl methyl sites for hydroxylation is 1. The molecule has 1 nitrogen and oxygen atoms in total. The van der Waals surface area contributed by atoms with Gasteiger partial charge in [-0.15, -0.1) is 0 Å². The van der Waals surface area contributed by atoms with Gasteiger partial charge in [-0.25, -0.2) is 0 Å². The van der Waals surface area contributed by atoms with E-state index in [9.17, 15) is 0 Å². The molecule has 0 amide bonds. The summed E-state index contributed by atoms with van der Waals surface area (Å²) in [6.45, 7) is 5.73. The lowest BCUT2D eigenvalue weighted by Gasteiger charge is -2.19. The highest BCUT2D eigenvalue weighted by Crippen LogP contribution is 2.16. The molecule has 0 saturated heterocycles. The molecule has 0 unspecified atom stereocenters. The number of unbranched alkanes of at least 4 members (excludes halogenated alkanes) is 9. The second-order valence-electron chi connectivity index (χ2n) is 7.02. The van der Waals surface area contributed by atoms with Crippen molar-refractivity contribution in [3.8, 4) is 0 Å². The predicted molar refractivity (Wildman–Crippen MR) is 106 cm³/mol. The van der Waals surface area contributed by atoms with Crippen LogP contribution in [0.1, 0.15) is 90.0 Å². The molecule has 0 N–H and O–H groups in total. The molecule has 0 atom stereocenters. The fraction of sp³-hybridized carbons (Fsp3) is 0.727. The number of rotatable bonds is 14. The van der Waals surface area contributed by atoms with Crippen molar-refractivity contribution >= 4 is 5.69 Å². The van der Waals surface area contributed by atoms with Gasteiger partial charge in [0.1, 0.15) is 0 Å². The third kappa shape index (κ3) is 9.69. The highest BCUT2D eigenvalue weighted by atomic mass is 15.1.